The Morgan fingerprint density at radius 2 is 2.11 bits per heavy atom. The molecule has 0 amide bonds. The van der Waals surface area contributed by atoms with E-state index in [1.165, 1.54) is 24.3 Å². The van der Waals surface area contributed by atoms with Gasteiger partial charge in [-0.05, 0) is 25.1 Å². The van der Waals surface area contributed by atoms with Gasteiger partial charge in [0.1, 0.15) is 12.4 Å². The van der Waals surface area contributed by atoms with Crippen molar-refractivity contribution in [2.24, 2.45) is 0 Å². The average Bonchev–Trinajstić information content (AvgIpc) is 2.39. The predicted molar refractivity (Wildman–Crippen MR) is 68.9 cm³/mol. The molecule has 102 valence electrons. The van der Waals surface area contributed by atoms with E-state index in [2.05, 4.69) is 6.58 Å². The van der Waals surface area contributed by atoms with E-state index >= 15 is 0 Å². The number of aromatic hydroxyl groups is 1. The topological polar surface area (TPSA) is 72.8 Å². The normalized spacial score (nSPS) is 9.74. The van der Waals surface area contributed by atoms with Gasteiger partial charge in [0.15, 0.2) is 0 Å². The van der Waals surface area contributed by atoms with Crippen LogP contribution in [0.2, 0.25) is 0 Å². The lowest BCUT2D eigenvalue weighted by Gasteiger charge is -2.07. The van der Waals surface area contributed by atoms with Crippen LogP contribution < -0.4 is 0 Å². The Balaban J connectivity index is 2.82. The molecule has 19 heavy (non-hydrogen) atoms. The van der Waals surface area contributed by atoms with Gasteiger partial charge in [0.2, 0.25) is 0 Å². The summed E-state index contributed by atoms with van der Waals surface area (Å²) in [4.78, 5) is 23.0. The Morgan fingerprint density at radius 1 is 1.37 bits per heavy atom. The van der Waals surface area contributed by atoms with Crippen molar-refractivity contribution in [1.82, 2.24) is 0 Å². The molecule has 1 rings (SSSR count). The molecule has 0 radical (unpaired) electrons. The van der Waals surface area contributed by atoms with Crippen molar-refractivity contribution in [3.63, 3.8) is 0 Å². The summed E-state index contributed by atoms with van der Waals surface area (Å²) < 4.78 is 9.66. The Morgan fingerprint density at radius 3 is 2.74 bits per heavy atom. The highest BCUT2D eigenvalue weighted by Gasteiger charge is 2.13. The van der Waals surface area contributed by atoms with Crippen molar-refractivity contribution < 1.29 is 24.2 Å². The molecule has 0 heterocycles. The number of ether oxygens (including phenoxy) is 2. The number of carbonyl (C=O) groups is 2. The average molecular weight is 264 g/mol. The first-order valence-electron chi connectivity index (χ1n) is 5.84. The van der Waals surface area contributed by atoms with E-state index in [0.29, 0.717) is 5.56 Å². The van der Waals surface area contributed by atoms with E-state index in [4.69, 9.17) is 9.47 Å². The van der Waals surface area contributed by atoms with Gasteiger partial charge in [-0.25, -0.2) is 4.79 Å². The summed E-state index contributed by atoms with van der Waals surface area (Å²) >= 11 is 0. The van der Waals surface area contributed by atoms with Gasteiger partial charge in [0.25, 0.3) is 0 Å². The fourth-order valence-corrected chi connectivity index (χ4v) is 1.43. The van der Waals surface area contributed by atoms with Crippen molar-refractivity contribution in [3.8, 4) is 5.75 Å². The molecule has 0 aliphatic heterocycles. The minimum Gasteiger partial charge on any atom is -0.508 e. The molecule has 1 N–H and O–H groups in total. The number of carbonyl (C=O) groups excluding carboxylic acids is 2. The zero-order valence-electron chi connectivity index (χ0n) is 10.7. The van der Waals surface area contributed by atoms with Gasteiger partial charge in [-0.3, -0.25) is 4.79 Å². The standard InChI is InChI=1S/C14H16O5/c1-3-7-19-13(16)9-11-8-10(5-6-12(11)15)14(17)18-4-2/h3,5-6,8,15H,1,4,7,9H2,2H3. The summed E-state index contributed by atoms with van der Waals surface area (Å²) in [5.41, 5.74) is 0.603. The lowest BCUT2D eigenvalue weighted by Crippen LogP contribution is -2.10. The van der Waals surface area contributed by atoms with Crippen molar-refractivity contribution in [1.29, 1.82) is 0 Å². The van der Waals surface area contributed by atoms with Crippen LogP contribution in [0, 0.1) is 0 Å². The second-order valence-corrected chi connectivity index (χ2v) is 3.71. The summed E-state index contributed by atoms with van der Waals surface area (Å²) in [6, 6.07) is 4.21. The number of esters is 2. The molecule has 1 aromatic carbocycles. The van der Waals surface area contributed by atoms with Crippen LogP contribution in [0.4, 0.5) is 0 Å². The van der Waals surface area contributed by atoms with Crippen molar-refractivity contribution in [3.05, 3.63) is 42.0 Å². The predicted octanol–water partition coefficient (Wildman–Crippen LogP) is 1.84. The molecule has 0 fully saturated rings. The highest BCUT2D eigenvalue weighted by Crippen LogP contribution is 2.20. The number of phenolic OH excluding ortho intramolecular Hbond substituents is 1. The van der Waals surface area contributed by atoms with Gasteiger partial charge in [0.05, 0.1) is 18.6 Å². The fraction of sp³-hybridized carbons (Fsp3) is 0.286. The number of phenols is 1. The first kappa shape index (κ1) is 14.8. The highest BCUT2D eigenvalue weighted by atomic mass is 16.5. The van der Waals surface area contributed by atoms with Gasteiger partial charge >= 0.3 is 11.9 Å². The monoisotopic (exact) mass is 264 g/mol. The highest BCUT2D eigenvalue weighted by molar-refractivity contribution is 5.90. The Labute approximate surface area is 111 Å². The number of hydrogen-bond donors (Lipinski definition) is 1. The molecule has 0 bridgehead atoms. The third-order valence-electron chi connectivity index (χ3n) is 2.29. The SMILES string of the molecule is C=CCOC(=O)Cc1cc(C(=O)OCC)ccc1O. The molecular formula is C14H16O5. The van der Waals surface area contributed by atoms with Crippen LogP contribution in [-0.2, 0) is 20.7 Å². The number of hydrogen-bond acceptors (Lipinski definition) is 5. The van der Waals surface area contributed by atoms with Crippen LogP contribution in [0.1, 0.15) is 22.8 Å². The van der Waals surface area contributed by atoms with E-state index in [9.17, 15) is 14.7 Å². The first-order valence-corrected chi connectivity index (χ1v) is 5.84. The summed E-state index contributed by atoms with van der Waals surface area (Å²) in [6.07, 6.45) is 1.33. The van der Waals surface area contributed by atoms with Crippen molar-refractivity contribution >= 4 is 11.9 Å². The zero-order chi connectivity index (χ0) is 14.3. The Kier molecular flexibility index (Phi) is 5.60. The molecule has 1 aromatic rings. The maximum Gasteiger partial charge on any atom is 0.338 e. The van der Waals surface area contributed by atoms with Crippen LogP contribution in [-0.4, -0.2) is 30.3 Å². The molecular weight excluding hydrogens is 248 g/mol. The van der Waals surface area contributed by atoms with E-state index in [-0.39, 0.29) is 30.9 Å². The second kappa shape index (κ2) is 7.20. The molecule has 0 unspecified atom stereocenters. The molecule has 0 saturated carbocycles. The third-order valence-corrected chi connectivity index (χ3v) is 2.29. The van der Waals surface area contributed by atoms with Gasteiger partial charge in [0, 0.05) is 5.56 Å². The molecule has 0 aliphatic carbocycles. The molecule has 0 atom stereocenters. The lowest BCUT2D eigenvalue weighted by atomic mass is 10.1. The van der Waals surface area contributed by atoms with E-state index in [1.54, 1.807) is 6.92 Å². The quantitative estimate of drug-likeness (QED) is 0.627. The van der Waals surface area contributed by atoms with Crippen molar-refractivity contribution in [2.45, 2.75) is 13.3 Å². The molecule has 5 nitrogen and oxygen atoms in total. The van der Waals surface area contributed by atoms with E-state index < -0.39 is 11.9 Å². The maximum atomic E-state index is 11.5. The summed E-state index contributed by atoms with van der Waals surface area (Å²) in [5, 5.41) is 9.64. The van der Waals surface area contributed by atoms with Gasteiger partial charge < -0.3 is 14.6 Å². The fourth-order valence-electron chi connectivity index (χ4n) is 1.43. The van der Waals surface area contributed by atoms with Gasteiger partial charge in [-0.2, -0.15) is 0 Å². The van der Waals surface area contributed by atoms with Crippen LogP contribution in [0.5, 0.6) is 5.75 Å². The van der Waals surface area contributed by atoms with Crippen LogP contribution in [0.25, 0.3) is 0 Å². The van der Waals surface area contributed by atoms with Gasteiger partial charge in [-0.15, -0.1) is 0 Å². The zero-order valence-corrected chi connectivity index (χ0v) is 10.7. The summed E-state index contributed by atoms with van der Waals surface area (Å²) in [6.45, 7) is 5.50. The largest absolute Gasteiger partial charge is 0.508 e. The Hall–Kier alpha value is -2.30. The van der Waals surface area contributed by atoms with Gasteiger partial charge in [-0.1, -0.05) is 12.7 Å². The minimum absolute atomic E-state index is 0.0661. The van der Waals surface area contributed by atoms with Crippen LogP contribution in [0.3, 0.4) is 0 Å². The smallest absolute Gasteiger partial charge is 0.338 e. The number of benzene rings is 1. The maximum absolute atomic E-state index is 11.5. The minimum atomic E-state index is -0.504. The first-order chi connectivity index (χ1) is 9.08. The van der Waals surface area contributed by atoms with Crippen LogP contribution >= 0.6 is 0 Å². The Bertz CT molecular complexity index is 479. The third kappa shape index (κ3) is 4.46. The second-order valence-electron chi connectivity index (χ2n) is 3.71. The molecule has 0 spiro atoms. The summed E-state index contributed by atoms with van der Waals surface area (Å²) in [7, 11) is 0. The van der Waals surface area contributed by atoms with E-state index in [1.807, 2.05) is 0 Å². The lowest BCUT2D eigenvalue weighted by molar-refractivity contribution is -0.141. The molecule has 0 aromatic heterocycles. The molecule has 5 heteroatoms. The van der Waals surface area contributed by atoms with E-state index in [0.717, 1.165) is 0 Å². The summed E-state index contributed by atoms with van der Waals surface area (Å²) in [5.74, 6) is -1.07. The number of rotatable bonds is 6. The van der Waals surface area contributed by atoms with Crippen molar-refractivity contribution in [2.75, 3.05) is 13.2 Å². The van der Waals surface area contributed by atoms with Crippen LogP contribution in [0.15, 0.2) is 30.9 Å². The molecule has 0 aliphatic rings. The molecule has 0 saturated heterocycles.